The van der Waals surface area contributed by atoms with E-state index in [0.717, 1.165) is 57.5 Å². The van der Waals surface area contributed by atoms with Gasteiger partial charge < -0.3 is 20.4 Å². The van der Waals surface area contributed by atoms with Crippen LogP contribution in [-0.4, -0.2) is 62.2 Å². The summed E-state index contributed by atoms with van der Waals surface area (Å²) in [6.45, 7) is 13.0. The minimum atomic E-state index is 0.641. The normalized spacial score (nSPS) is 15.3. The molecule has 0 radical (unpaired) electrons. The molecule has 30 heavy (non-hydrogen) atoms. The molecule has 1 aliphatic heterocycles. The van der Waals surface area contributed by atoms with Crippen LogP contribution in [0.15, 0.2) is 41.5 Å². The van der Waals surface area contributed by atoms with Gasteiger partial charge >= 0.3 is 0 Å². The van der Waals surface area contributed by atoms with Gasteiger partial charge in [0.05, 0.1) is 6.54 Å². The molecule has 1 saturated heterocycles. The zero-order valence-corrected chi connectivity index (χ0v) is 18.9. The van der Waals surface area contributed by atoms with E-state index >= 15 is 0 Å². The highest BCUT2D eigenvalue weighted by Crippen LogP contribution is 2.15. The predicted octanol–water partition coefficient (Wildman–Crippen LogP) is 2.75. The molecule has 3 rings (SSSR count). The predicted molar refractivity (Wildman–Crippen MR) is 126 cm³/mol. The van der Waals surface area contributed by atoms with Gasteiger partial charge in [-0.2, -0.15) is 0 Å². The molecule has 2 heterocycles. The number of guanidine groups is 1. The van der Waals surface area contributed by atoms with Crippen LogP contribution in [0.3, 0.4) is 0 Å². The Bertz CT molecular complexity index is 819. The van der Waals surface area contributed by atoms with E-state index in [9.17, 15) is 0 Å². The first-order valence-corrected chi connectivity index (χ1v) is 11.0. The summed E-state index contributed by atoms with van der Waals surface area (Å²) in [5, 5.41) is 6.82. The summed E-state index contributed by atoms with van der Waals surface area (Å²) in [6.07, 6.45) is 2.88. The Kier molecular flexibility index (Phi) is 8.08. The van der Waals surface area contributed by atoms with Crippen molar-refractivity contribution in [3.63, 3.8) is 0 Å². The van der Waals surface area contributed by atoms with E-state index in [-0.39, 0.29) is 0 Å². The van der Waals surface area contributed by atoms with Crippen molar-refractivity contribution in [2.24, 2.45) is 4.99 Å². The molecule has 2 aromatic rings. The van der Waals surface area contributed by atoms with E-state index in [1.807, 2.05) is 6.20 Å². The first-order chi connectivity index (χ1) is 14.5. The van der Waals surface area contributed by atoms with Gasteiger partial charge in [-0.15, -0.1) is 0 Å². The number of likely N-dealkylation sites (N-methyl/N-ethyl adjacent to an activating group) is 1. The number of aliphatic imine (C=N–C) groups is 1. The van der Waals surface area contributed by atoms with Crippen LogP contribution in [0.5, 0.6) is 0 Å². The summed E-state index contributed by atoms with van der Waals surface area (Å²) >= 11 is 0. The van der Waals surface area contributed by atoms with Crippen LogP contribution in [0.25, 0.3) is 0 Å². The molecule has 0 spiro atoms. The van der Waals surface area contributed by atoms with Crippen molar-refractivity contribution in [3.05, 3.63) is 58.8 Å². The van der Waals surface area contributed by atoms with Crippen molar-refractivity contribution >= 4 is 11.8 Å². The van der Waals surface area contributed by atoms with Crippen LogP contribution < -0.4 is 15.5 Å². The Labute approximate surface area is 181 Å². The topological polar surface area (TPSA) is 55.8 Å². The van der Waals surface area contributed by atoms with Gasteiger partial charge in [0.1, 0.15) is 5.82 Å². The highest BCUT2D eigenvalue weighted by Gasteiger charge is 2.15. The fourth-order valence-corrected chi connectivity index (χ4v) is 3.82. The van der Waals surface area contributed by atoms with E-state index in [1.54, 1.807) is 0 Å². The quantitative estimate of drug-likeness (QED) is 0.545. The molecule has 1 aromatic heterocycles. The van der Waals surface area contributed by atoms with Crippen LogP contribution in [0.2, 0.25) is 0 Å². The Hall–Kier alpha value is -2.60. The third kappa shape index (κ3) is 6.73. The van der Waals surface area contributed by atoms with Crippen molar-refractivity contribution in [2.45, 2.75) is 33.7 Å². The van der Waals surface area contributed by atoms with E-state index in [1.165, 1.54) is 22.3 Å². The summed E-state index contributed by atoms with van der Waals surface area (Å²) in [6, 6.07) is 11.0. The maximum absolute atomic E-state index is 4.79. The van der Waals surface area contributed by atoms with Gasteiger partial charge in [-0.25, -0.2) is 9.98 Å². The van der Waals surface area contributed by atoms with Gasteiger partial charge in [0.25, 0.3) is 0 Å². The number of benzene rings is 1. The number of aromatic nitrogens is 1. The number of nitrogens with one attached hydrogen (secondary N) is 2. The number of nitrogens with zero attached hydrogens (tertiary/aromatic N) is 4. The lowest BCUT2D eigenvalue weighted by Gasteiger charge is -2.33. The molecule has 1 aromatic carbocycles. The average Bonchev–Trinajstić information content (AvgIpc) is 2.72. The summed E-state index contributed by atoms with van der Waals surface area (Å²) in [5.74, 6) is 1.92. The van der Waals surface area contributed by atoms with E-state index in [0.29, 0.717) is 6.54 Å². The standard InChI is InChI=1S/C24H36N6/c1-5-25-24(27-9-6-21-15-19(2)14-20(3)16-21)28-18-22-7-8-26-23(17-22)30-12-10-29(4)11-13-30/h7-8,14-17H,5-6,9-13,18H2,1-4H3,(H2,25,27,28). The number of hydrogen-bond donors (Lipinski definition) is 2. The largest absolute Gasteiger partial charge is 0.357 e. The van der Waals surface area contributed by atoms with E-state index in [4.69, 9.17) is 4.99 Å². The molecule has 1 aliphatic rings. The second-order valence-electron chi connectivity index (χ2n) is 8.18. The Balaban J connectivity index is 1.57. The molecule has 0 aliphatic carbocycles. The molecule has 6 nitrogen and oxygen atoms in total. The number of piperazine rings is 1. The van der Waals surface area contributed by atoms with Gasteiger partial charge in [0, 0.05) is 45.5 Å². The lowest BCUT2D eigenvalue weighted by Crippen LogP contribution is -2.44. The highest BCUT2D eigenvalue weighted by atomic mass is 15.3. The van der Waals surface area contributed by atoms with Gasteiger partial charge in [0.15, 0.2) is 5.96 Å². The molecule has 0 amide bonds. The summed E-state index contributed by atoms with van der Waals surface area (Å²) in [5.41, 5.74) is 5.19. The number of hydrogen-bond acceptors (Lipinski definition) is 4. The monoisotopic (exact) mass is 408 g/mol. The van der Waals surface area contributed by atoms with Crippen LogP contribution in [0.1, 0.15) is 29.2 Å². The third-order valence-electron chi connectivity index (χ3n) is 5.39. The maximum atomic E-state index is 4.79. The van der Waals surface area contributed by atoms with Crippen molar-refractivity contribution in [1.29, 1.82) is 0 Å². The number of rotatable bonds is 7. The Morgan fingerprint density at radius 2 is 1.73 bits per heavy atom. The van der Waals surface area contributed by atoms with Crippen molar-refractivity contribution in [3.8, 4) is 0 Å². The lowest BCUT2D eigenvalue weighted by atomic mass is 10.1. The minimum Gasteiger partial charge on any atom is -0.357 e. The molecule has 162 valence electrons. The van der Waals surface area contributed by atoms with Crippen molar-refractivity contribution in [2.75, 3.05) is 51.2 Å². The van der Waals surface area contributed by atoms with Gasteiger partial charge in [-0.05, 0) is 57.5 Å². The zero-order chi connectivity index (χ0) is 21.3. The van der Waals surface area contributed by atoms with Crippen molar-refractivity contribution < 1.29 is 0 Å². The van der Waals surface area contributed by atoms with Gasteiger partial charge in [-0.3, -0.25) is 0 Å². The second kappa shape index (κ2) is 11.0. The SMILES string of the molecule is CCNC(=NCc1ccnc(N2CCN(C)CC2)c1)NCCc1cc(C)cc(C)c1. The first-order valence-electron chi connectivity index (χ1n) is 11.0. The number of anilines is 1. The first kappa shape index (κ1) is 22.1. The number of aryl methyl sites for hydroxylation is 2. The van der Waals surface area contributed by atoms with E-state index in [2.05, 4.69) is 83.6 Å². The summed E-state index contributed by atoms with van der Waals surface area (Å²) in [4.78, 5) is 14.1. The lowest BCUT2D eigenvalue weighted by molar-refractivity contribution is 0.312. The van der Waals surface area contributed by atoms with Crippen LogP contribution in [-0.2, 0) is 13.0 Å². The average molecular weight is 409 g/mol. The van der Waals surface area contributed by atoms with Gasteiger partial charge in [0.2, 0.25) is 0 Å². The third-order valence-corrected chi connectivity index (χ3v) is 5.39. The Morgan fingerprint density at radius 1 is 1.00 bits per heavy atom. The maximum Gasteiger partial charge on any atom is 0.191 e. The van der Waals surface area contributed by atoms with Crippen LogP contribution >= 0.6 is 0 Å². The van der Waals surface area contributed by atoms with E-state index < -0.39 is 0 Å². The summed E-state index contributed by atoms with van der Waals surface area (Å²) in [7, 11) is 2.17. The molecule has 1 fully saturated rings. The molecular weight excluding hydrogens is 372 g/mol. The van der Waals surface area contributed by atoms with Gasteiger partial charge in [-0.1, -0.05) is 29.3 Å². The minimum absolute atomic E-state index is 0.641. The fourth-order valence-electron chi connectivity index (χ4n) is 3.82. The molecule has 0 atom stereocenters. The van der Waals surface area contributed by atoms with Crippen LogP contribution in [0, 0.1) is 13.8 Å². The molecule has 2 N–H and O–H groups in total. The molecular formula is C24H36N6. The summed E-state index contributed by atoms with van der Waals surface area (Å²) < 4.78 is 0. The fraction of sp³-hybridized carbons (Fsp3) is 0.500. The molecule has 0 unspecified atom stereocenters. The molecule has 0 saturated carbocycles. The number of pyridine rings is 1. The second-order valence-corrected chi connectivity index (χ2v) is 8.18. The molecule has 0 bridgehead atoms. The smallest absolute Gasteiger partial charge is 0.191 e. The molecule has 6 heteroatoms. The Morgan fingerprint density at radius 3 is 2.43 bits per heavy atom. The van der Waals surface area contributed by atoms with Crippen LogP contribution in [0.4, 0.5) is 5.82 Å². The van der Waals surface area contributed by atoms with Crippen molar-refractivity contribution in [1.82, 2.24) is 20.5 Å². The zero-order valence-electron chi connectivity index (χ0n) is 18.9. The highest BCUT2D eigenvalue weighted by molar-refractivity contribution is 5.79.